The number of hydrogen-bond donors (Lipinski definition) is 1. The first-order valence-electron chi connectivity index (χ1n) is 5.87. The van der Waals surface area contributed by atoms with Crippen molar-refractivity contribution in [1.82, 2.24) is 5.32 Å². The minimum Gasteiger partial charge on any atom is -0.426 e. The highest BCUT2D eigenvalue weighted by molar-refractivity contribution is 5.81. The molecule has 0 saturated carbocycles. The van der Waals surface area contributed by atoms with Gasteiger partial charge in [0.1, 0.15) is 5.75 Å². The molecule has 0 aromatic heterocycles. The fourth-order valence-electron chi connectivity index (χ4n) is 2.56. The van der Waals surface area contributed by atoms with Crippen molar-refractivity contribution in [2.24, 2.45) is 0 Å². The lowest BCUT2D eigenvalue weighted by atomic mass is 9.89. The smallest absolute Gasteiger partial charge is 0.315 e. The first-order valence-corrected chi connectivity index (χ1v) is 5.87. The number of piperidine rings is 1. The number of ether oxygens (including phenoxy) is 1. The third-order valence-corrected chi connectivity index (χ3v) is 3.45. The molecular formula is C13H15NO2. The number of hydrogen-bond acceptors (Lipinski definition) is 3. The highest BCUT2D eigenvalue weighted by atomic mass is 16.5. The maximum Gasteiger partial charge on any atom is 0.315 e. The molecule has 84 valence electrons. The summed E-state index contributed by atoms with van der Waals surface area (Å²) in [6.07, 6.45) is 2.81. The van der Waals surface area contributed by atoms with Crippen molar-refractivity contribution in [2.75, 3.05) is 13.1 Å². The standard InChI is InChI=1S/C13H15NO2/c15-13-8-11-7-10(1-2-12(11)16-13)9-3-5-14-6-4-9/h1-2,7,9,14H,3-6,8H2. The Kier molecular flexibility index (Phi) is 2.40. The van der Waals surface area contributed by atoms with Crippen LogP contribution in [0.4, 0.5) is 0 Å². The van der Waals surface area contributed by atoms with Gasteiger partial charge in [0.2, 0.25) is 0 Å². The van der Waals surface area contributed by atoms with Crippen LogP contribution in [0.2, 0.25) is 0 Å². The lowest BCUT2D eigenvalue weighted by Gasteiger charge is -2.23. The second-order valence-corrected chi connectivity index (χ2v) is 4.54. The first-order chi connectivity index (χ1) is 7.83. The molecule has 2 aliphatic heterocycles. The zero-order valence-corrected chi connectivity index (χ0v) is 9.16. The van der Waals surface area contributed by atoms with E-state index in [1.807, 2.05) is 6.07 Å². The molecule has 0 spiro atoms. The van der Waals surface area contributed by atoms with Gasteiger partial charge in [-0.3, -0.25) is 4.79 Å². The molecule has 3 heteroatoms. The average Bonchev–Trinajstić information content (AvgIpc) is 2.69. The summed E-state index contributed by atoms with van der Waals surface area (Å²) < 4.78 is 5.10. The summed E-state index contributed by atoms with van der Waals surface area (Å²) in [5.41, 5.74) is 2.42. The maximum atomic E-state index is 11.2. The molecular weight excluding hydrogens is 202 g/mol. The number of esters is 1. The fraction of sp³-hybridized carbons (Fsp3) is 0.462. The molecule has 0 radical (unpaired) electrons. The van der Waals surface area contributed by atoms with E-state index in [2.05, 4.69) is 17.4 Å². The molecule has 2 heterocycles. The van der Waals surface area contributed by atoms with E-state index in [4.69, 9.17) is 4.74 Å². The summed E-state index contributed by atoms with van der Waals surface area (Å²) in [4.78, 5) is 11.2. The third-order valence-electron chi connectivity index (χ3n) is 3.45. The van der Waals surface area contributed by atoms with Crippen LogP contribution in [0, 0.1) is 0 Å². The number of benzene rings is 1. The van der Waals surface area contributed by atoms with Crippen molar-refractivity contribution in [2.45, 2.75) is 25.2 Å². The predicted octanol–water partition coefficient (Wildman–Crippen LogP) is 1.62. The Morgan fingerprint density at radius 3 is 2.88 bits per heavy atom. The predicted molar refractivity (Wildman–Crippen MR) is 60.6 cm³/mol. The monoisotopic (exact) mass is 217 g/mol. The summed E-state index contributed by atoms with van der Waals surface area (Å²) in [5.74, 6) is 1.27. The van der Waals surface area contributed by atoms with Gasteiger partial charge in [0.15, 0.2) is 0 Å². The highest BCUT2D eigenvalue weighted by Gasteiger charge is 2.22. The van der Waals surface area contributed by atoms with Gasteiger partial charge in [-0.05, 0) is 43.5 Å². The summed E-state index contributed by atoms with van der Waals surface area (Å²) in [6, 6.07) is 6.20. The lowest BCUT2D eigenvalue weighted by Crippen LogP contribution is -2.26. The molecule has 0 amide bonds. The topological polar surface area (TPSA) is 38.3 Å². The van der Waals surface area contributed by atoms with Gasteiger partial charge < -0.3 is 10.1 Å². The fourth-order valence-corrected chi connectivity index (χ4v) is 2.56. The van der Waals surface area contributed by atoms with Crippen LogP contribution in [0.25, 0.3) is 0 Å². The van der Waals surface area contributed by atoms with Crippen molar-refractivity contribution >= 4 is 5.97 Å². The second-order valence-electron chi connectivity index (χ2n) is 4.54. The molecule has 1 fully saturated rings. The van der Waals surface area contributed by atoms with E-state index in [0.29, 0.717) is 12.3 Å². The van der Waals surface area contributed by atoms with Crippen molar-refractivity contribution in [3.05, 3.63) is 29.3 Å². The SMILES string of the molecule is O=C1Cc2cc(C3CCNCC3)ccc2O1. The zero-order chi connectivity index (χ0) is 11.0. The van der Waals surface area contributed by atoms with E-state index in [-0.39, 0.29) is 5.97 Å². The van der Waals surface area contributed by atoms with Crippen LogP contribution in [0.5, 0.6) is 5.75 Å². The zero-order valence-electron chi connectivity index (χ0n) is 9.16. The molecule has 0 atom stereocenters. The molecule has 16 heavy (non-hydrogen) atoms. The van der Waals surface area contributed by atoms with E-state index in [0.717, 1.165) is 24.4 Å². The van der Waals surface area contributed by atoms with E-state index in [9.17, 15) is 4.79 Å². The first kappa shape index (κ1) is 9.85. The number of rotatable bonds is 1. The van der Waals surface area contributed by atoms with E-state index in [1.165, 1.54) is 18.4 Å². The van der Waals surface area contributed by atoms with Crippen LogP contribution in [0.1, 0.15) is 29.9 Å². The van der Waals surface area contributed by atoms with Crippen LogP contribution < -0.4 is 10.1 Å². The Hall–Kier alpha value is -1.35. The van der Waals surface area contributed by atoms with Crippen LogP contribution in [-0.4, -0.2) is 19.1 Å². The third kappa shape index (κ3) is 1.71. The Bertz CT molecular complexity index is 422. The summed E-state index contributed by atoms with van der Waals surface area (Å²) in [5, 5.41) is 3.37. The van der Waals surface area contributed by atoms with Crippen LogP contribution in [-0.2, 0) is 11.2 Å². The molecule has 2 aliphatic rings. The van der Waals surface area contributed by atoms with Crippen molar-refractivity contribution in [3.8, 4) is 5.75 Å². The molecule has 0 bridgehead atoms. The van der Waals surface area contributed by atoms with Gasteiger partial charge >= 0.3 is 5.97 Å². The molecule has 0 aliphatic carbocycles. The summed E-state index contributed by atoms with van der Waals surface area (Å²) in [7, 11) is 0. The Labute approximate surface area is 94.8 Å². The number of carbonyl (C=O) groups is 1. The van der Waals surface area contributed by atoms with Gasteiger partial charge in [-0.15, -0.1) is 0 Å². The largest absolute Gasteiger partial charge is 0.426 e. The number of fused-ring (bicyclic) bond motifs is 1. The minimum atomic E-state index is -0.127. The van der Waals surface area contributed by atoms with Crippen molar-refractivity contribution < 1.29 is 9.53 Å². The van der Waals surface area contributed by atoms with Gasteiger partial charge in [-0.2, -0.15) is 0 Å². The minimum absolute atomic E-state index is 0.127. The van der Waals surface area contributed by atoms with Gasteiger partial charge in [-0.1, -0.05) is 12.1 Å². The Balaban J connectivity index is 1.86. The van der Waals surface area contributed by atoms with E-state index in [1.54, 1.807) is 0 Å². The number of nitrogens with one attached hydrogen (secondary N) is 1. The maximum absolute atomic E-state index is 11.2. The highest BCUT2D eigenvalue weighted by Crippen LogP contribution is 2.32. The van der Waals surface area contributed by atoms with E-state index >= 15 is 0 Å². The molecule has 1 N–H and O–H groups in total. The molecule has 3 nitrogen and oxygen atoms in total. The average molecular weight is 217 g/mol. The lowest BCUT2D eigenvalue weighted by molar-refractivity contribution is -0.131. The van der Waals surface area contributed by atoms with Crippen LogP contribution in [0.3, 0.4) is 0 Å². The summed E-state index contributed by atoms with van der Waals surface area (Å²) in [6.45, 7) is 2.19. The normalized spacial score (nSPS) is 20.6. The van der Waals surface area contributed by atoms with Gasteiger partial charge in [-0.25, -0.2) is 0 Å². The molecule has 1 aromatic rings. The van der Waals surface area contributed by atoms with Crippen LogP contribution in [0.15, 0.2) is 18.2 Å². The van der Waals surface area contributed by atoms with Gasteiger partial charge in [0.25, 0.3) is 0 Å². The van der Waals surface area contributed by atoms with E-state index < -0.39 is 0 Å². The molecule has 1 aromatic carbocycles. The molecule has 1 saturated heterocycles. The van der Waals surface area contributed by atoms with Crippen molar-refractivity contribution in [3.63, 3.8) is 0 Å². The van der Waals surface area contributed by atoms with Crippen LogP contribution >= 0.6 is 0 Å². The van der Waals surface area contributed by atoms with Gasteiger partial charge in [0.05, 0.1) is 6.42 Å². The number of carbonyl (C=O) groups excluding carboxylic acids is 1. The van der Waals surface area contributed by atoms with Crippen molar-refractivity contribution in [1.29, 1.82) is 0 Å². The Morgan fingerprint density at radius 2 is 2.06 bits per heavy atom. The molecule has 3 rings (SSSR count). The summed E-state index contributed by atoms with van der Waals surface area (Å²) >= 11 is 0. The Morgan fingerprint density at radius 1 is 1.25 bits per heavy atom. The molecule has 0 unspecified atom stereocenters. The second kappa shape index (κ2) is 3.91. The van der Waals surface area contributed by atoms with Gasteiger partial charge in [0, 0.05) is 5.56 Å². The quantitative estimate of drug-likeness (QED) is 0.574.